The van der Waals surface area contributed by atoms with Crippen molar-refractivity contribution in [1.82, 2.24) is 0 Å². The maximum atomic E-state index is 12.9. The van der Waals surface area contributed by atoms with Gasteiger partial charge in [-0.3, -0.25) is 0 Å². The molecule has 0 aliphatic heterocycles. The topological polar surface area (TPSA) is 26.3 Å². The summed E-state index contributed by atoms with van der Waals surface area (Å²) >= 11 is 3.10. The van der Waals surface area contributed by atoms with Gasteiger partial charge in [-0.05, 0) is 11.6 Å². The molecule has 2 nitrogen and oxygen atoms in total. The Hall–Kier alpha value is -1.32. The quantitative estimate of drug-likeness (QED) is 0.545. The average molecular weight is 397 g/mol. The van der Waals surface area contributed by atoms with Gasteiger partial charge in [-0.25, -0.2) is 4.79 Å². The molecule has 0 saturated heterocycles. The lowest BCUT2D eigenvalue weighted by Crippen LogP contribution is -2.56. The number of esters is 1. The fourth-order valence-corrected chi connectivity index (χ4v) is 1.83. The Bertz CT molecular complexity index is 543. The van der Waals surface area contributed by atoms with Crippen LogP contribution in [-0.2, 0) is 16.0 Å². The summed E-state index contributed by atoms with van der Waals surface area (Å²) in [6, 6.07) is 6.33. The highest BCUT2D eigenvalue weighted by atomic mass is 79.9. The Labute approximate surface area is 128 Å². The molecule has 0 saturated carbocycles. The Kier molecular flexibility index (Phi) is 5.47. The summed E-state index contributed by atoms with van der Waals surface area (Å²) in [5.41, 5.74) is 0.501. The predicted octanol–water partition coefficient (Wildman–Crippen LogP) is 4.37. The third-order valence-electron chi connectivity index (χ3n) is 2.57. The van der Waals surface area contributed by atoms with E-state index in [0.717, 1.165) is 0 Å². The first-order valence-corrected chi connectivity index (χ1v) is 6.43. The Morgan fingerprint density at radius 3 is 2.09 bits per heavy atom. The summed E-state index contributed by atoms with van der Waals surface area (Å²) < 4.78 is 91.1. The second-order valence-corrected chi connectivity index (χ2v) is 4.98. The minimum Gasteiger partial charge on any atom is -0.461 e. The maximum absolute atomic E-state index is 12.9. The molecule has 0 bridgehead atoms. The fourth-order valence-electron chi connectivity index (χ4n) is 1.35. The van der Waals surface area contributed by atoms with Gasteiger partial charge >= 0.3 is 24.0 Å². The number of ether oxygens (including phenoxy) is 1. The number of carbonyl (C=O) groups excluding carboxylic acids is 1. The third kappa shape index (κ3) is 3.71. The molecule has 0 N–H and O–H groups in total. The van der Waals surface area contributed by atoms with Crippen molar-refractivity contribution in [2.24, 2.45) is 0 Å². The van der Waals surface area contributed by atoms with Gasteiger partial charge in [-0.15, -0.1) is 0 Å². The van der Waals surface area contributed by atoms with Crippen LogP contribution in [0.5, 0.6) is 0 Å². The second kappa shape index (κ2) is 6.43. The van der Waals surface area contributed by atoms with Crippen LogP contribution in [-0.4, -0.2) is 30.6 Å². The van der Waals surface area contributed by atoms with E-state index in [-0.39, 0.29) is 6.42 Å². The third-order valence-corrected chi connectivity index (χ3v) is 3.34. The minimum atomic E-state index is -6.57. The van der Waals surface area contributed by atoms with Gasteiger partial charge in [0.15, 0.2) is 0 Å². The molecular weight excluding hydrogens is 389 g/mol. The van der Waals surface area contributed by atoms with E-state index in [2.05, 4.69) is 20.7 Å². The van der Waals surface area contributed by atoms with E-state index in [4.69, 9.17) is 0 Å². The molecule has 22 heavy (non-hydrogen) atoms. The Morgan fingerprint density at radius 1 is 1.05 bits per heavy atom. The maximum Gasteiger partial charge on any atom is 0.460 e. The van der Waals surface area contributed by atoms with Gasteiger partial charge in [0.1, 0.15) is 0 Å². The van der Waals surface area contributed by atoms with Crippen molar-refractivity contribution in [2.75, 3.05) is 6.61 Å². The summed E-state index contributed by atoms with van der Waals surface area (Å²) in [5, 5.41) is 0. The highest BCUT2D eigenvalue weighted by Gasteiger charge is 2.77. The zero-order valence-electron chi connectivity index (χ0n) is 10.6. The number of hydrogen-bond donors (Lipinski definition) is 0. The first-order valence-electron chi connectivity index (χ1n) is 5.64. The molecule has 1 aromatic carbocycles. The molecule has 0 amide bonds. The molecular formula is C12H8BrF7O2. The first-order chi connectivity index (χ1) is 9.91. The standard InChI is InChI=1S/C12H8BrF7O2/c13-8-4-2-1-3-7(8)5-6-22-9(21)10(14,15)11(16,17)12(18,19)20/h1-4H,5-6H2. The molecule has 0 heterocycles. The van der Waals surface area contributed by atoms with Crippen LogP contribution in [0.3, 0.4) is 0 Å². The normalized spacial score (nSPS) is 13.1. The molecule has 0 unspecified atom stereocenters. The van der Waals surface area contributed by atoms with Gasteiger partial charge in [-0.1, -0.05) is 34.1 Å². The molecule has 0 fully saturated rings. The minimum absolute atomic E-state index is 0.138. The molecule has 0 aromatic heterocycles. The number of carbonyl (C=O) groups is 1. The van der Waals surface area contributed by atoms with E-state index in [1.54, 1.807) is 18.2 Å². The van der Waals surface area contributed by atoms with Crippen molar-refractivity contribution in [1.29, 1.82) is 0 Å². The van der Waals surface area contributed by atoms with Crippen molar-refractivity contribution in [3.05, 3.63) is 34.3 Å². The van der Waals surface area contributed by atoms with E-state index < -0.39 is 30.6 Å². The molecule has 1 rings (SSSR count). The van der Waals surface area contributed by atoms with E-state index in [0.29, 0.717) is 10.0 Å². The van der Waals surface area contributed by atoms with Crippen LogP contribution in [0.15, 0.2) is 28.7 Å². The SMILES string of the molecule is O=C(OCCc1ccccc1Br)C(F)(F)C(F)(F)C(F)(F)F. The van der Waals surface area contributed by atoms with Crippen molar-refractivity contribution in [3.63, 3.8) is 0 Å². The number of halogens is 8. The smallest absolute Gasteiger partial charge is 0.460 e. The molecule has 124 valence electrons. The lowest BCUT2D eigenvalue weighted by molar-refractivity contribution is -0.348. The van der Waals surface area contributed by atoms with Crippen molar-refractivity contribution < 1.29 is 40.3 Å². The number of rotatable bonds is 5. The summed E-state index contributed by atoms with van der Waals surface area (Å²) in [6.07, 6.45) is -6.71. The first kappa shape index (κ1) is 18.7. The molecule has 10 heteroatoms. The van der Waals surface area contributed by atoms with Gasteiger partial charge in [-0.2, -0.15) is 30.7 Å². The Balaban J connectivity index is 2.71. The van der Waals surface area contributed by atoms with Crippen LogP contribution in [0.4, 0.5) is 30.7 Å². The fraction of sp³-hybridized carbons (Fsp3) is 0.417. The monoisotopic (exact) mass is 396 g/mol. The van der Waals surface area contributed by atoms with Crippen LogP contribution in [0.1, 0.15) is 5.56 Å². The van der Waals surface area contributed by atoms with Gasteiger partial charge < -0.3 is 4.74 Å². The molecule has 0 atom stereocenters. The summed E-state index contributed by atoms with van der Waals surface area (Å²) in [5.74, 6) is -15.4. The lowest BCUT2D eigenvalue weighted by Gasteiger charge is -2.26. The average Bonchev–Trinajstić information content (AvgIpc) is 2.39. The zero-order chi connectivity index (χ0) is 17.2. The van der Waals surface area contributed by atoms with Crippen LogP contribution < -0.4 is 0 Å². The van der Waals surface area contributed by atoms with Gasteiger partial charge in [0.05, 0.1) is 6.61 Å². The summed E-state index contributed by atoms with van der Waals surface area (Å²) in [4.78, 5) is 10.9. The van der Waals surface area contributed by atoms with Gasteiger partial charge in [0, 0.05) is 10.9 Å². The molecule has 0 aliphatic rings. The number of hydrogen-bond acceptors (Lipinski definition) is 2. The largest absolute Gasteiger partial charge is 0.461 e. The van der Waals surface area contributed by atoms with E-state index in [1.807, 2.05) is 0 Å². The Morgan fingerprint density at radius 2 is 1.59 bits per heavy atom. The van der Waals surface area contributed by atoms with Crippen molar-refractivity contribution >= 4 is 21.9 Å². The highest BCUT2D eigenvalue weighted by Crippen LogP contribution is 2.46. The van der Waals surface area contributed by atoms with E-state index in [9.17, 15) is 35.5 Å². The van der Waals surface area contributed by atoms with Crippen LogP contribution in [0.2, 0.25) is 0 Å². The van der Waals surface area contributed by atoms with Gasteiger partial charge in [0.25, 0.3) is 0 Å². The molecule has 0 radical (unpaired) electrons. The van der Waals surface area contributed by atoms with E-state index >= 15 is 0 Å². The predicted molar refractivity (Wildman–Crippen MR) is 64.8 cm³/mol. The molecule has 1 aromatic rings. The highest BCUT2D eigenvalue weighted by molar-refractivity contribution is 9.10. The second-order valence-electron chi connectivity index (χ2n) is 4.12. The number of alkyl halides is 7. The molecule has 0 spiro atoms. The number of benzene rings is 1. The van der Waals surface area contributed by atoms with Crippen molar-refractivity contribution in [3.8, 4) is 0 Å². The van der Waals surface area contributed by atoms with Gasteiger partial charge in [0.2, 0.25) is 0 Å². The van der Waals surface area contributed by atoms with Crippen LogP contribution in [0, 0.1) is 0 Å². The van der Waals surface area contributed by atoms with Crippen LogP contribution >= 0.6 is 15.9 Å². The van der Waals surface area contributed by atoms with Crippen molar-refractivity contribution in [2.45, 2.75) is 24.4 Å². The summed E-state index contributed by atoms with van der Waals surface area (Å²) in [6.45, 7) is -0.773. The lowest BCUT2D eigenvalue weighted by atomic mass is 10.1. The zero-order valence-corrected chi connectivity index (χ0v) is 12.1. The van der Waals surface area contributed by atoms with E-state index in [1.165, 1.54) is 6.07 Å². The molecule has 0 aliphatic carbocycles. The summed E-state index contributed by atoms with van der Waals surface area (Å²) in [7, 11) is 0. The van der Waals surface area contributed by atoms with Crippen LogP contribution in [0.25, 0.3) is 0 Å².